The Morgan fingerprint density at radius 1 is 1.18 bits per heavy atom. The summed E-state index contributed by atoms with van der Waals surface area (Å²) >= 11 is 0. The molecule has 0 aliphatic carbocycles. The van der Waals surface area contributed by atoms with Gasteiger partial charge in [-0.25, -0.2) is 0 Å². The number of carbonyl (C=O) groups is 1. The molecule has 22 heavy (non-hydrogen) atoms. The van der Waals surface area contributed by atoms with Gasteiger partial charge in [-0.3, -0.25) is 11.3 Å². The normalized spacial score (nSPS) is 12.7. The predicted octanol–water partition coefficient (Wildman–Crippen LogP) is 3.59. The molecule has 0 spiro atoms. The number of ketones is 1. The van der Waals surface area contributed by atoms with Crippen molar-refractivity contribution >= 4 is 5.78 Å². The number of nitrogens with two attached hydrogens (primary N) is 1. The van der Waals surface area contributed by atoms with Crippen LogP contribution in [0, 0.1) is 0 Å². The molecule has 1 unspecified atom stereocenters. The smallest absolute Gasteiger partial charge is 0.172 e. The highest BCUT2D eigenvalue weighted by Gasteiger charge is 2.14. The van der Waals surface area contributed by atoms with Gasteiger partial charge in [0, 0.05) is 13.0 Å². The minimum atomic E-state index is -0.951. The molecule has 1 atom stereocenters. The van der Waals surface area contributed by atoms with Crippen LogP contribution >= 0.6 is 0 Å². The Bertz CT molecular complexity index is 253. The van der Waals surface area contributed by atoms with E-state index < -0.39 is 5.72 Å². The number of hydrogen-bond acceptors (Lipinski definition) is 6. The van der Waals surface area contributed by atoms with Crippen LogP contribution in [0.15, 0.2) is 10.2 Å². The van der Waals surface area contributed by atoms with E-state index in [2.05, 4.69) is 29.5 Å². The molecule has 0 aliphatic heterocycles. The van der Waals surface area contributed by atoms with Crippen molar-refractivity contribution in [2.24, 2.45) is 16.1 Å². The third kappa shape index (κ3) is 31.5. The molecule has 134 valence electrons. The van der Waals surface area contributed by atoms with Crippen LogP contribution in [0.25, 0.3) is 0 Å². The van der Waals surface area contributed by atoms with Crippen LogP contribution < -0.4 is 11.3 Å². The molecule has 0 rings (SSSR count). The van der Waals surface area contributed by atoms with Crippen LogP contribution in [-0.2, 0) is 4.79 Å². The maximum Gasteiger partial charge on any atom is 0.172 e. The van der Waals surface area contributed by atoms with Gasteiger partial charge in [0.25, 0.3) is 0 Å². The van der Waals surface area contributed by atoms with Crippen molar-refractivity contribution in [2.75, 3.05) is 13.1 Å². The summed E-state index contributed by atoms with van der Waals surface area (Å²) in [5.74, 6) is 5.22. The van der Waals surface area contributed by atoms with Gasteiger partial charge < -0.3 is 9.90 Å². The maximum atomic E-state index is 9.81. The molecule has 0 aliphatic rings. The largest absolute Gasteiger partial charge is 0.368 e. The van der Waals surface area contributed by atoms with Crippen molar-refractivity contribution < 1.29 is 9.90 Å². The lowest BCUT2D eigenvalue weighted by Gasteiger charge is -2.12. The summed E-state index contributed by atoms with van der Waals surface area (Å²) in [4.78, 5) is 9.81. The van der Waals surface area contributed by atoms with Crippen LogP contribution in [0.5, 0.6) is 0 Å². The van der Waals surface area contributed by atoms with E-state index in [-0.39, 0.29) is 5.78 Å². The Morgan fingerprint density at radius 3 is 1.95 bits per heavy atom. The van der Waals surface area contributed by atoms with Crippen molar-refractivity contribution in [3.8, 4) is 0 Å². The van der Waals surface area contributed by atoms with Crippen LogP contribution in [0.2, 0.25) is 0 Å². The minimum Gasteiger partial charge on any atom is -0.368 e. The van der Waals surface area contributed by atoms with Gasteiger partial charge in [-0.15, -0.1) is 0 Å². The molecule has 0 fully saturated rings. The first kappa shape index (κ1) is 26.1. The number of rotatable bonds is 9. The van der Waals surface area contributed by atoms with Gasteiger partial charge in [0.2, 0.25) is 0 Å². The topological polar surface area (TPSA) is 100 Å². The fraction of sp³-hybridized carbons (Fsp3) is 0.938. The van der Waals surface area contributed by atoms with Gasteiger partial charge in [0.15, 0.2) is 5.72 Å². The Balaban J connectivity index is -0.000000277. The highest BCUT2D eigenvalue weighted by molar-refractivity contribution is 5.74. The lowest BCUT2D eigenvalue weighted by Crippen LogP contribution is -2.22. The highest BCUT2D eigenvalue weighted by Crippen LogP contribution is 2.10. The summed E-state index contributed by atoms with van der Waals surface area (Å²) in [6, 6.07) is 0. The van der Waals surface area contributed by atoms with Gasteiger partial charge in [-0.05, 0) is 33.1 Å². The van der Waals surface area contributed by atoms with E-state index in [4.69, 9.17) is 5.84 Å². The molecule has 0 aromatic rings. The number of unbranched alkanes of at least 4 members (excludes halogenated alkanes) is 2. The van der Waals surface area contributed by atoms with Crippen LogP contribution in [0.4, 0.5) is 0 Å². The SMILES string of the molecule is CCC(C)=O.CCCCN=NC(C)(O)CC.CCCCNN. The van der Waals surface area contributed by atoms with Gasteiger partial charge in [0.1, 0.15) is 5.78 Å². The third-order valence-corrected chi connectivity index (χ3v) is 2.74. The van der Waals surface area contributed by atoms with Crippen LogP contribution in [-0.4, -0.2) is 29.7 Å². The van der Waals surface area contributed by atoms with E-state index in [0.29, 0.717) is 12.8 Å². The maximum absolute atomic E-state index is 9.81. The number of Topliss-reactive ketones (excluding diaryl/α,β-unsaturated/α-hetero) is 1. The molecule has 6 nitrogen and oxygen atoms in total. The number of nitrogens with zero attached hydrogens (tertiary/aromatic N) is 2. The second-order valence-corrected chi connectivity index (χ2v) is 5.25. The first-order valence-electron chi connectivity index (χ1n) is 8.35. The van der Waals surface area contributed by atoms with Crippen molar-refractivity contribution in [1.29, 1.82) is 0 Å². The van der Waals surface area contributed by atoms with E-state index in [9.17, 15) is 9.90 Å². The summed E-state index contributed by atoms with van der Waals surface area (Å²) in [5.41, 5.74) is 1.62. The number of nitrogens with one attached hydrogen (secondary N) is 1. The van der Waals surface area contributed by atoms with E-state index in [1.807, 2.05) is 13.8 Å². The number of hydrazine groups is 1. The fourth-order valence-electron chi connectivity index (χ4n) is 0.781. The zero-order valence-electron chi connectivity index (χ0n) is 15.5. The molecule has 0 radical (unpaired) electrons. The number of carbonyl (C=O) groups excluding carboxylic acids is 1. The molecule has 6 heteroatoms. The highest BCUT2D eigenvalue weighted by atomic mass is 16.3. The van der Waals surface area contributed by atoms with Crippen LogP contribution in [0.1, 0.15) is 80.1 Å². The molecule has 0 heterocycles. The summed E-state index contributed by atoms with van der Waals surface area (Å²) < 4.78 is 0. The zero-order valence-corrected chi connectivity index (χ0v) is 15.5. The second-order valence-electron chi connectivity index (χ2n) is 5.25. The molecule has 0 saturated heterocycles. The van der Waals surface area contributed by atoms with Gasteiger partial charge in [-0.2, -0.15) is 10.2 Å². The van der Waals surface area contributed by atoms with Crippen LogP contribution in [0.3, 0.4) is 0 Å². The summed E-state index contributed by atoms with van der Waals surface area (Å²) in [7, 11) is 0. The number of azo groups is 1. The first-order valence-corrected chi connectivity index (χ1v) is 8.35. The fourth-order valence-corrected chi connectivity index (χ4v) is 0.781. The average Bonchev–Trinajstić information content (AvgIpc) is 2.50. The van der Waals surface area contributed by atoms with Gasteiger partial charge in [0.05, 0.1) is 6.54 Å². The Morgan fingerprint density at radius 2 is 1.68 bits per heavy atom. The molecular formula is C16H38N4O2. The molecule has 0 amide bonds. The number of hydrogen-bond donors (Lipinski definition) is 3. The van der Waals surface area contributed by atoms with Crippen molar-refractivity contribution in [3.05, 3.63) is 0 Å². The molecule has 0 aromatic carbocycles. The van der Waals surface area contributed by atoms with E-state index in [1.165, 1.54) is 12.8 Å². The lowest BCUT2D eigenvalue weighted by molar-refractivity contribution is -0.116. The zero-order chi connectivity index (χ0) is 17.9. The standard InChI is InChI=1S/C8H18N2O.C4H12N2.C4H8O/c1-4-6-7-9-10-8(3,11)5-2;1-2-3-4-6-5;1-3-4(2)5/h11H,4-7H2,1-3H3;6H,2-5H2,1H3;3H2,1-2H3. The lowest BCUT2D eigenvalue weighted by atomic mass is 10.2. The number of aliphatic hydroxyl groups is 1. The summed E-state index contributed by atoms with van der Waals surface area (Å²) in [6.07, 6.45) is 5.83. The van der Waals surface area contributed by atoms with E-state index in [0.717, 1.165) is 25.9 Å². The predicted molar refractivity (Wildman–Crippen MR) is 93.6 cm³/mol. The summed E-state index contributed by atoms with van der Waals surface area (Å²) in [6.45, 7) is 12.9. The van der Waals surface area contributed by atoms with Gasteiger partial charge >= 0.3 is 0 Å². The van der Waals surface area contributed by atoms with Crippen molar-refractivity contribution in [1.82, 2.24) is 5.43 Å². The quantitative estimate of drug-likeness (QED) is 0.262. The Kier molecular flexibility index (Phi) is 23.9. The molecular weight excluding hydrogens is 280 g/mol. The minimum absolute atomic E-state index is 0.255. The Labute approximate surface area is 136 Å². The average molecular weight is 319 g/mol. The first-order chi connectivity index (χ1) is 10.3. The monoisotopic (exact) mass is 318 g/mol. The molecule has 0 aromatic heterocycles. The van der Waals surface area contributed by atoms with Crippen molar-refractivity contribution in [3.63, 3.8) is 0 Å². The molecule has 0 bridgehead atoms. The van der Waals surface area contributed by atoms with Gasteiger partial charge in [-0.1, -0.05) is 40.5 Å². The second kappa shape index (κ2) is 20.1. The van der Waals surface area contributed by atoms with E-state index >= 15 is 0 Å². The molecule has 0 saturated carbocycles. The van der Waals surface area contributed by atoms with Crippen molar-refractivity contribution in [2.45, 2.75) is 85.8 Å². The Hall–Kier alpha value is -0.850. The molecule has 4 N–H and O–H groups in total. The summed E-state index contributed by atoms with van der Waals surface area (Å²) in [5, 5.41) is 17.0. The van der Waals surface area contributed by atoms with E-state index in [1.54, 1.807) is 13.8 Å². The third-order valence-electron chi connectivity index (χ3n) is 2.74.